The minimum Gasteiger partial charge on any atom is -0.388 e. The number of aryl methyl sites for hydroxylation is 2. The summed E-state index contributed by atoms with van der Waals surface area (Å²) in [7, 11) is -2.99. The lowest BCUT2D eigenvalue weighted by molar-refractivity contribution is 0.268. The Morgan fingerprint density at radius 2 is 2.00 bits per heavy atom. The number of fused-ring (bicyclic) bond motifs is 1. The first-order valence-electron chi connectivity index (χ1n) is 6.91. The predicted molar refractivity (Wildman–Crippen MR) is 85.9 cm³/mol. The molecule has 0 aromatic carbocycles. The highest BCUT2D eigenvalue weighted by Crippen LogP contribution is 2.25. The Morgan fingerprint density at radius 3 is 2.59 bits per heavy atom. The number of nitrogens with two attached hydrogens (primary N) is 1. The van der Waals surface area contributed by atoms with Crippen molar-refractivity contribution in [2.45, 2.75) is 26.9 Å². The minimum atomic E-state index is -2.99. The number of aliphatic hydroxyl groups is 1. The maximum Gasteiger partial charge on any atom is 0.154 e. The number of pyridine rings is 1. The summed E-state index contributed by atoms with van der Waals surface area (Å²) in [6.45, 7) is 3.93. The summed E-state index contributed by atoms with van der Waals surface area (Å²) in [6.07, 6.45) is 1.67. The van der Waals surface area contributed by atoms with Crippen molar-refractivity contribution in [3.8, 4) is 0 Å². The van der Waals surface area contributed by atoms with E-state index in [2.05, 4.69) is 15.4 Å². The number of aliphatic hydroxyl groups excluding tert-OH is 1. The Hall–Kier alpha value is -1.87. The van der Waals surface area contributed by atoms with Gasteiger partial charge in [0.1, 0.15) is 22.0 Å². The van der Waals surface area contributed by atoms with Gasteiger partial charge in [-0.15, -0.1) is 0 Å². The van der Waals surface area contributed by atoms with E-state index in [-0.39, 0.29) is 12.4 Å². The molecule has 4 N–H and O–H groups in total. The second-order valence-corrected chi connectivity index (χ2v) is 7.58. The van der Waals surface area contributed by atoms with Crippen molar-refractivity contribution in [1.29, 1.82) is 0 Å². The Kier molecular flexibility index (Phi) is 4.57. The van der Waals surface area contributed by atoms with Crippen LogP contribution in [0.5, 0.6) is 0 Å². The molecular formula is C13H21N5O3S. The van der Waals surface area contributed by atoms with Gasteiger partial charge in [-0.1, -0.05) is 0 Å². The number of hydrogen-bond acceptors (Lipinski definition) is 7. The van der Waals surface area contributed by atoms with Crippen molar-refractivity contribution in [2.24, 2.45) is 0 Å². The molecule has 22 heavy (non-hydrogen) atoms. The largest absolute Gasteiger partial charge is 0.388 e. The van der Waals surface area contributed by atoms with Gasteiger partial charge in [0, 0.05) is 18.5 Å². The van der Waals surface area contributed by atoms with Gasteiger partial charge in [0.25, 0.3) is 0 Å². The number of aromatic nitrogens is 3. The third-order valence-corrected chi connectivity index (χ3v) is 4.51. The van der Waals surface area contributed by atoms with Crippen LogP contribution in [0.15, 0.2) is 0 Å². The van der Waals surface area contributed by atoms with Gasteiger partial charge in [-0.2, -0.15) is 0 Å². The summed E-state index contributed by atoms with van der Waals surface area (Å²) in [5.41, 5.74) is 12.0. The van der Waals surface area contributed by atoms with E-state index in [4.69, 9.17) is 5.73 Å². The number of nitrogen functional groups attached to an aromatic ring is 1. The SMILES string of the molecule is Cc1nc(N)c2nc(CO)n(NCCCS(C)(=O)=O)c2c1C. The fraction of sp³-hybridized carbons (Fsp3) is 0.538. The minimum absolute atomic E-state index is 0.1000. The molecule has 0 amide bonds. The fourth-order valence-corrected chi connectivity index (χ4v) is 2.95. The van der Waals surface area contributed by atoms with E-state index >= 15 is 0 Å². The van der Waals surface area contributed by atoms with Crippen LogP contribution in [0.3, 0.4) is 0 Å². The van der Waals surface area contributed by atoms with Gasteiger partial charge in [-0.25, -0.2) is 23.1 Å². The van der Waals surface area contributed by atoms with Gasteiger partial charge in [-0.3, -0.25) is 0 Å². The number of nitrogens with one attached hydrogen (secondary N) is 1. The Bertz CT molecular complexity index is 798. The van der Waals surface area contributed by atoms with Crippen LogP contribution in [-0.2, 0) is 16.4 Å². The molecule has 0 fully saturated rings. The molecular weight excluding hydrogens is 306 g/mol. The summed E-state index contributed by atoms with van der Waals surface area (Å²) in [6, 6.07) is 0. The second-order valence-electron chi connectivity index (χ2n) is 5.32. The maximum atomic E-state index is 11.2. The number of anilines is 1. The van der Waals surface area contributed by atoms with Crippen molar-refractivity contribution < 1.29 is 13.5 Å². The molecule has 0 saturated heterocycles. The molecule has 9 heteroatoms. The molecule has 0 spiro atoms. The van der Waals surface area contributed by atoms with Crippen LogP contribution in [0, 0.1) is 13.8 Å². The molecule has 2 rings (SSSR count). The van der Waals surface area contributed by atoms with Crippen molar-refractivity contribution >= 4 is 26.7 Å². The average Bonchev–Trinajstić information content (AvgIpc) is 2.79. The smallest absolute Gasteiger partial charge is 0.154 e. The molecule has 0 aliphatic rings. The van der Waals surface area contributed by atoms with E-state index in [0.29, 0.717) is 30.1 Å². The molecule has 0 aliphatic carbocycles. The molecule has 2 heterocycles. The van der Waals surface area contributed by atoms with E-state index in [9.17, 15) is 13.5 Å². The number of nitrogens with zero attached hydrogens (tertiary/aromatic N) is 3. The van der Waals surface area contributed by atoms with Crippen LogP contribution in [0.1, 0.15) is 23.5 Å². The van der Waals surface area contributed by atoms with Crippen molar-refractivity contribution in [2.75, 3.05) is 29.7 Å². The van der Waals surface area contributed by atoms with Gasteiger partial charge >= 0.3 is 0 Å². The van der Waals surface area contributed by atoms with Gasteiger partial charge in [0.2, 0.25) is 0 Å². The predicted octanol–water partition coefficient (Wildman–Crippen LogP) is 0.101. The van der Waals surface area contributed by atoms with E-state index in [1.807, 2.05) is 13.8 Å². The summed E-state index contributed by atoms with van der Waals surface area (Å²) < 4.78 is 24.0. The molecule has 0 unspecified atom stereocenters. The van der Waals surface area contributed by atoms with Gasteiger partial charge in [0.05, 0.1) is 11.3 Å². The zero-order chi connectivity index (χ0) is 16.5. The van der Waals surface area contributed by atoms with Crippen LogP contribution in [-0.4, -0.2) is 46.7 Å². The van der Waals surface area contributed by atoms with Crippen molar-refractivity contribution in [1.82, 2.24) is 14.6 Å². The number of hydrogen-bond donors (Lipinski definition) is 3. The molecule has 0 aliphatic heterocycles. The zero-order valence-corrected chi connectivity index (χ0v) is 13.7. The first kappa shape index (κ1) is 16.5. The summed E-state index contributed by atoms with van der Waals surface area (Å²) in [5, 5.41) is 9.48. The molecule has 0 bridgehead atoms. The lowest BCUT2D eigenvalue weighted by Gasteiger charge is -2.13. The summed E-state index contributed by atoms with van der Waals surface area (Å²) in [4.78, 5) is 8.54. The monoisotopic (exact) mass is 327 g/mol. The van der Waals surface area contributed by atoms with Crippen molar-refractivity contribution in [3.05, 3.63) is 17.1 Å². The Balaban J connectivity index is 2.35. The standard InChI is InChI=1S/C13H21N5O3S/c1-8-9(2)16-13(14)11-12(8)18(10(7-19)17-11)15-5-4-6-22(3,20)21/h15,19H,4-7H2,1-3H3,(H2,14,16). The molecule has 0 saturated carbocycles. The maximum absolute atomic E-state index is 11.2. The molecule has 122 valence electrons. The van der Waals surface area contributed by atoms with E-state index in [1.165, 1.54) is 6.26 Å². The fourth-order valence-electron chi connectivity index (χ4n) is 2.28. The van der Waals surface area contributed by atoms with Crippen LogP contribution in [0.2, 0.25) is 0 Å². The Morgan fingerprint density at radius 1 is 1.32 bits per heavy atom. The highest BCUT2D eigenvalue weighted by atomic mass is 32.2. The molecule has 0 radical (unpaired) electrons. The van der Waals surface area contributed by atoms with Crippen LogP contribution >= 0.6 is 0 Å². The highest BCUT2D eigenvalue weighted by Gasteiger charge is 2.17. The first-order chi connectivity index (χ1) is 10.2. The van der Waals surface area contributed by atoms with Gasteiger partial charge in [-0.05, 0) is 25.8 Å². The molecule has 0 atom stereocenters. The van der Waals surface area contributed by atoms with Crippen LogP contribution in [0.4, 0.5) is 5.82 Å². The van der Waals surface area contributed by atoms with E-state index in [1.54, 1.807) is 4.68 Å². The lowest BCUT2D eigenvalue weighted by Crippen LogP contribution is -2.21. The lowest BCUT2D eigenvalue weighted by atomic mass is 10.2. The quantitative estimate of drug-likeness (QED) is 0.643. The highest BCUT2D eigenvalue weighted by molar-refractivity contribution is 7.90. The zero-order valence-electron chi connectivity index (χ0n) is 12.9. The topological polar surface area (TPSA) is 123 Å². The summed E-state index contributed by atoms with van der Waals surface area (Å²) in [5.74, 6) is 0.823. The number of rotatable bonds is 6. The number of sulfone groups is 1. The average molecular weight is 327 g/mol. The third kappa shape index (κ3) is 3.30. The van der Waals surface area contributed by atoms with Crippen LogP contribution < -0.4 is 11.2 Å². The van der Waals surface area contributed by atoms with Gasteiger partial charge < -0.3 is 16.3 Å². The van der Waals surface area contributed by atoms with Gasteiger partial charge in [0.15, 0.2) is 11.6 Å². The Labute approximate surface area is 129 Å². The number of imidazole rings is 1. The normalized spacial score (nSPS) is 12.0. The molecule has 2 aromatic heterocycles. The first-order valence-corrected chi connectivity index (χ1v) is 8.97. The second kappa shape index (κ2) is 6.09. The van der Waals surface area contributed by atoms with E-state index < -0.39 is 9.84 Å². The third-order valence-electron chi connectivity index (χ3n) is 3.48. The summed E-state index contributed by atoms with van der Waals surface area (Å²) >= 11 is 0. The van der Waals surface area contributed by atoms with E-state index in [0.717, 1.165) is 16.8 Å². The van der Waals surface area contributed by atoms with Crippen molar-refractivity contribution in [3.63, 3.8) is 0 Å². The molecule has 8 nitrogen and oxygen atoms in total. The molecule has 2 aromatic rings. The van der Waals surface area contributed by atoms with Crippen LogP contribution in [0.25, 0.3) is 11.0 Å².